The van der Waals surface area contributed by atoms with Crippen molar-refractivity contribution in [3.05, 3.63) is 11.6 Å². The zero-order chi connectivity index (χ0) is 11.5. The average Bonchev–Trinajstić information content (AvgIpc) is 2.21. The quantitative estimate of drug-likeness (QED) is 0.460. The van der Waals surface area contributed by atoms with Gasteiger partial charge in [-0.1, -0.05) is 51.5 Å². The van der Waals surface area contributed by atoms with Crippen LogP contribution in [0.4, 0.5) is 0 Å². The Labute approximate surface area is 93.9 Å². The predicted octanol–water partition coefficient (Wildman–Crippen LogP) is 3.56. The minimum atomic E-state index is -0.294. The highest BCUT2D eigenvalue weighted by Gasteiger charge is 1.95. The van der Waals surface area contributed by atoms with Gasteiger partial charge >= 0.3 is 0 Å². The third kappa shape index (κ3) is 9.51. The molecule has 0 aliphatic rings. The molecule has 0 aliphatic heterocycles. The van der Waals surface area contributed by atoms with Gasteiger partial charge in [0, 0.05) is 5.57 Å². The van der Waals surface area contributed by atoms with E-state index in [1.54, 1.807) is 6.92 Å². The zero-order valence-corrected chi connectivity index (χ0v) is 10.2. The van der Waals surface area contributed by atoms with E-state index in [0.29, 0.717) is 5.57 Å². The van der Waals surface area contributed by atoms with Crippen molar-refractivity contribution in [3.8, 4) is 0 Å². The molecule has 0 saturated heterocycles. The first-order valence-electron chi connectivity index (χ1n) is 6.15. The summed E-state index contributed by atoms with van der Waals surface area (Å²) in [6, 6.07) is 0. The van der Waals surface area contributed by atoms with E-state index in [1.807, 2.05) is 6.08 Å². The lowest BCUT2D eigenvalue weighted by Crippen LogP contribution is -2.11. The van der Waals surface area contributed by atoms with Gasteiger partial charge in [0.05, 0.1) is 0 Å². The van der Waals surface area contributed by atoms with Gasteiger partial charge in [-0.2, -0.15) is 0 Å². The van der Waals surface area contributed by atoms with Crippen LogP contribution in [0.15, 0.2) is 11.6 Å². The third-order valence-corrected chi connectivity index (χ3v) is 2.65. The first-order chi connectivity index (χ1) is 7.18. The number of hydrogen-bond donors (Lipinski definition) is 1. The van der Waals surface area contributed by atoms with E-state index in [-0.39, 0.29) is 5.91 Å². The Bertz CT molecular complexity index is 197. The highest BCUT2D eigenvalue weighted by Crippen LogP contribution is 2.09. The van der Waals surface area contributed by atoms with Crippen LogP contribution in [0, 0.1) is 0 Å². The number of hydrogen-bond acceptors (Lipinski definition) is 1. The molecule has 88 valence electrons. The summed E-state index contributed by atoms with van der Waals surface area (Å²) in [5.74, 6) is -0.294. The van der Waals surface area contributed by atoms with Gasteiger partial charge in [0.2, 0.25) is 5.91 Å². The molecule has 0 aromatic heterocycles. The number of nitrogens with two attached hydrogens (primary N) is 1. The van der Waals surface area contributed by atoms with E-state index < -0.39 is 0 Å². The van der Waals surface area contributed by atoms with E-state index in [2.05, 4.69) is 6.92 Å². The largest absolute Gasteiger partial charge is 0.366 e. The average molecular weight is 211 g/mol. The Balaban J connectivity index is 3.25. The van der Waals surface area contributed by atoms with Crippen LogP contribution in [0.3, 0.4) is 0 Å². The van der Waals surface area contributed by atoms with Crippen LogP contribution in [0.2, 0.25) is 0 Å². The van der Waals surface area contributed by atoms with Crippen molar-refractivity contribution in [1.29, 1.82) is 0 Å². The molecular formula is C13H25NO. The van der Waals surface area contributed by atoms with Crippen LogP contribution in [0.25, 0.3) is 0 Å². The Morgan fingerprint density at radius 3 is 2.13 bits per heavy atom. The summed E-state index contributed by atoms with van der Waals surface area (Å²) in [5.41, 5.74) is 5.82. The number of allylic oxidation sites excluding steroid dienone is 1. The van der Waals surface area contributed by atoms with Gasteiger partial charge in [0.25, 0.3) is 0 Å². The van der Waals surface area contributed by atoms with Crippen LogP contribution < -0.4 is 5.73 Å². The second kappa shape index (κ2) is 9.75. The van der Waals surface area contributed by atoms with Gasteiger partial charge in [-0.25, -0.2) is 0 Å². The van der Waals surface area contributed by atoms with Crippen molar-refractivity contribution in [2.24, 2.45) is 5.73 Å². The summed E-state index contributed by atoms with van der Waals surface area (Å²) < 4.78 is 0. The molecule has 0 bridgehead atoms. The van der Waals surface area contributed by atoms with Crippen molar-refractivity contribution >= 4 is 5.91 Å². The minimum absolute atomic E-state index is 0.294. The number of carbonyl (C=O) groups excluding carboxylic acids is 1. The zero-order valence-electron chi connectivity index (χ0n) is 10.2. The second-order valence-corrected chi connectivity index (χ2v) is 4.16. The summed E-state index contributed by atoms with van der Waals surface area (Å²) in [6.45, 7) is 4.01. The Hall–Kier alpha value is -0.790. The Morgan fingerprint density at radius 1 is 1.07 bits per heavy atom. The molecule has 2 heteroatoms. The number of unbranched alkanes of at least 4 members (excludes halogenated alkanes) is 7. The second-order valence-electron chi connectivity index (χ2n) is 4.16. The summed E-state index contributed by atoms with van der Waals surface area (Å²) in [6.07, 6.45) is 12.1. The van der Waals surface area contributed by atoms with E-state index in [9.17, 15) is 4.79 Å². The smallest absolute Gasteiger partial charge is 0.244 e. The Kier molecular flexibility index (Phi) is 9.24. The molecule has 0 saturated carbocycles. The first kappa shape index (κ1) is 14.2. The van der Waals surface area contributed by atoms with Gasteiger partial charge in [-0.05, 0) is 19.8 Å². The molecule has 0 aromatic rings. The standard InChI is InChI=1S/C13H25NO/c1-3-4-5-6-7-8-9-10-11-12(2)13(14)15/h11H,3-10H2,1-2H3,(H2,14,15). The first-order valence-corrected chi connectivity index (χ1v) is 6.15. The van der Waals surface area contributed by atoms with Gasteiger partial charge in [-0.3, -0.25) is 4.79 Å². The van der Waals surface area contributed by atoms with Crippen LogP contribution in [0.1, 0.15) is 65.2 Å². The van der Waals surface area contributed by atoms with Gasteiger partial charge in [-0.15, -0.1) is 0 Å². The fourth-order valence-electron chi connectivity index (χ4n) is 1.52. The van der Waals surface area contributed by atoms with E-state index >= 15 is 0 Å². The van der Waals surface area contributed by atoms with Crippen LogP contribution in [0.5, 0.6) is 0 Å². The SMILES string of the molecule is CCCCCCCCCC=C(C)C(N)=O. The molecule has 0 aliphatic carbocycles. The number of rotatable bonds is 9. The topological polar surface area (TPSA) is 43.1 Å². The molecule has 2 N–H and O–H groups in total. The number of primary amides is 1. The fourth-order valence-corrected chi connectivity index (χ4v) is 1.52. The third-order valence-electron chi connectivity index (χ3n) is 2.65. The highest BCUT2D eigenvalue weighted by molar-refractivity contribution is 5.91. The van der Waals surface area contributed by atoms with Crippen molar-refractivity contribution in [2.75, 3.05) is 0 Å². The molecule has 0 atom stereocenters. The molecule has 2 nitrogen and oxygen atoms in total. The molecule has 0 radical (unpaired) electrons. The molecule has 0 aromatic carbocycles. The van der Waals surface area contributed by atoms with Crippen molar-refractivity contribution < 1.29 is 4.79 Å². The maximum atomic E-state index is 10.7. The molecule has 0 rings (SSSR count). The molecule has 0 heterocycles. The fraction of sp³-hybridized carbons (Fsp3) is 0.769. The van der Waals surface area contributed by atoms with E-state index in [1.165, 1.54) is 44.9 Å². The van der Waals surface area contributed by atoms with Crippen LogP contribution in [-0.4, -0.2) is 5.91 Å². The molecule has 15 heavy (non-hydrogen) atoms. The van der Waals surface area contributed by atoms with Crippen LogP contribution >= 0.6 is 0 Å². The van der Waals surface area contributed by atoms with E-state index in [4.69, 9.17) is 5.73 Å². The summed E-state index contributed by atoms with van der Waals surface area (Å²) in [7, 11) is 0. The predicted molar refractivity (Wildman–Crippen MR) is 65.6 cm³/mol. The maximum absolute atomic E-state index is 10.7. The van der Waals surface area contributed by atoms with Gasteiger partial charge < -0.3 is 5.73 Å². The normalized spacial score (nSPS) is 11.7. The molecular weight excluding hydrogens is 186 g/mol. The lowest BCUT2D eigenvalue weighted by atomic mass is 10.1. The van der Waals surface area contributed by atoms with Crippen molar-refractivity contribution in [2.45, 2.75) is 65.2 Å². The molecule has 0 spiro atoms. The monoisotopic (exact) mass is 211 g/mol. The maximum Gasteiger partial charge on any atom is 0.244 e. The summed E-state index contributed by atoms with van der Waals surface area (Å²) in [4.78, 5) is 10.7. The van der Waals surface area contributed by atoms with Crippen LogP contribution in [-0.2, 0) is 4.79 Å². The molecule has 1 amide bonds. The lowest BCUT2D eigenvalue weighted by Gasteiger charge is -1.99. The lowest BCUT2D eigenvalue weighted by molar-refractivity contribution is -0.114. The minimum Gasteiger partial charge on any atom is -0.366 e. The highest BCUT2D eigenvalue weighted by atomic mass is 16.1. The number of carbonyl (C=O) groups is 1. The molecule has 0 fully saturated rings. The summed E-state index contributed by atoms with van der Waals surface area (Å²) in [5, 5.41) is 0. The Morgan fingerprint density at radius 2 is 1.60 bits per heavy atom. The number of amides is 1. The van der Waals surface area contributed by atoms with Crippen molar-refractivity contribution in [3.63, 3.8) is 0 Å². The van der Waals surface area contributed by atoms with Crippen molar-refractivity contribution in [1.82, 2.24) is 0 Å². The van der Waals surface area contributed by atoms with E-state index in [0.717, 1.165) is 6.42 Å². The van der Waals surface area contributed by atoms with Gasteiger partial charge in [0.15, 0.2) is 0 Å². The molecule has 0 unspecified atom stereocenters. The van der Waals surface area contributed by atoms with Gasteiger partial charge in [0.1, 0.15) is 0 Å². The summed E-state index contributed by atoms with van der Waals surface area (Å²) >= 11 is 0.